The van der Waals surface area contributed by atoms with Crippen LogP contribution < -0.4 is 11.1 Å². The molecule has 0 radical (unpaired) electrons. The van der Waals surface area contributed by atoms with Crippen LogP contribution in [0.5, 0.6) is 0 Å². The van der Waals surface area contributed by atoms with Crippen molar-refractivity contribution in [1.82, 2.24) is 5.32 Å². The van der Waals surface area contributed by atoms with Gasteiger partial charge in [0.15, 0.2) is 0 Å². The molecule has 2 atom stereocenters. The van der Waals surface area contributed by atoms with Crippen LogP contribution in [0.4, 0.5) is 0 Å². The molecule has 1 aliphatic rings. The van der Waals surface area contributed by atoms with Gasteiger partial charge in [-0.2, -0.15) is 0 Å². The minimum Gasteiger partial charge on any atom is -0.354 e. The summed E-state index contributed by atoms with van der Waals surface area (Å²) in [5.74, 6) is 0.593. The van der Waals surface area contributed by atoms with Crippen molar-refractivity contribution in [2.75, 3.05) is 6.54 Å². The summed E-state index contributed by atoms with van der Waals surface area (Å²) in [6.45, 7) is 2.70. The molecule has 1 amide bonds. The summed E-state index contributed by atoms with van der Waals surface area (Å²) in [5.41, 5.74) is 5.61. The van der Waals surface area contributed by atoms with Crippen LogP contribution >= 0.6 is 0 Å². The van der Waals surface area contributed by atoms with Gasteiger partial charge in [-0.05, 0) is 31.6 Å². The Morgan fingerprint density at radius 3 is 3.00 bits per heavy atom. The topological polar surface area (TPSA) is 55.1 Å². The molecule has 1 rings (SSSR count). The van der Waals surface area contributed by atoms with Crippen molar-refractivity contribution in [1.29, 1.82) is 0 Å². The molecule has 14 heavy (non-hydrogen) atoms. The van der Waals surface area contributed by atoms with Crippen LogP contribution in [0.2, 0.25) is 0 Å². The van der Waals surface area contributed by atoms with Crippen LogP contribution in [0.1, 0.15) is 32.6 Å². The zero-order valence-electron chi connectivity index (χ0n) is 8.83. The van der Waals surface area contributed by atoms with Crippen molar-refractivity contribution < 1.29 is 4.79 Å². The predicted molar refractivity (Wildman–Crippen MR) is 57.8 cm³/mol. The van der Waals surface area contributed by atoms with Crippen molar-refractivity contribution in [2.45, 2.75) is 38.6 Å². The molecule has 0 aromatic heterocycles. The monoisotopic (exact) mass is 196 g/mol. The van der Waals surface area contributed by atoms with Crippen molar-refractivity contribution in [3.63, 3.8) is 0 Å². The summed E-state index contributed by atoms with van der Waals surface area (Å²) in [4.78, 5) is 11.4. The second-order valence-electron chi connectivity index (χ2n) is 3.91. The summed E-state index contributed by atoms with van der Waals surface area (Å²) < 4.78 is 0. The average molecular weight is 196 g/mol. The summed E-state index contributed by atoms with van der Waals surface area (Å²) in [6.07, 6.45) is 8.51. The smallest absolute Gasteiger partial charge is 0.236 e. The SMILES string of the molecule is CCC(N)C(=O)NCC1CC=CCC1. The molecule has 3 N–H and O–H groups in total. The van der Waals surface area contributed by atoms with Gasteiger partial charge in [0.2, 0.25) is 5.91 Å². The number of carbonyl (C=O) groups is 1. The Kier molecular flexibility index (Phi) is 4.66. The number of carbonyl (C=O) groups excluding carboxylic acids is 1. The Bertz CT molecular complexity index is 213. The predicted octanol–water partition coefficient (Wildman–Crippen LogP) is 1.20. The van der Waals surface area contributed by atoms with Gasteiger partial charge in [0.05, 0.1) is 6.04 Å². The third-order valence-electron chi connectivity index (χ3n) is 2.72. The van der Waals surface area contributed by atoms with E-state index in [4.69, 9.17) is 5.73 Å². The van der Waals surface area contributed by atoms with E-state index >= 15 is 0 Å². The Morgan fingerprint density at radius 2 is 2.43 bits per heavy atom. The summed E-state index contributed by atoms with van der Waals surface area (Å²) in [7, 11) is 0. The van der Waals surface area contributed by atoms with Crippen LogP contribution in [-0.4, -0.2) is 18.5 Å². The van der Waals surface area contributed by atoms with Crippen LogP contribution in [0.25, 0.3) is 0 Å². The molecule has 0 bridgehead atoms. The van der Waals surface area contributed by atoms with E-state index in [1.165, 1.54) is 6.42 Å². The van der Waals surface area contributed by atoms with Crippen molar-refractivity contribution >= 4 is 5.91 Å². The molecule has 0 aromatic rings. The average Bonchev–Trinajstić information content (AvgIpc) is 2.26. The lowest BCUT2D eigenvalue weighted by atomic mass is 9.94. The van der Waals surface area contributed by atoms with Gasteiger partial charge in [-0.15, -0.1) is 0 Å². The van der Waals surface area contributed by atoms with E-state index in [1.807, 2.05) is 6.92 Å². The summed E-state index contributed by atoms with van der Waals surface area (Å²) in [5, 5.41) is 2.91. The second kappa shape index (κ2) is 5.81. The summed E-state index contributed by atoms with van der Waals surface area (Å²) in [6, 6.07) is -0.339. The van der Waals surface area contributed by atoms with Gasteiger partial charge in [-0.25, -0.2) is 0 Å². The highest BCUT2D eigenvalue weighted by atomic mass is 16.2. The lowest BCUT2D eigenvalue weighted by Crippen LogP contribution is -2.42. The third-order valence-corrected chi connectivity index (χ3v) is 2.72. The molecule has 0 aliphatic heterocycles. The highest BCUT2D eigenvalue weighted by Gasteiger charge is 2.14. The molecule has 1 aliphatic carbocycles. The Morgan fingerprint density at radius 1 is 1.64 bits per heavy atom. The molecule has 3 nitrogen and oxygen atoms in total. The van der Waals surface area contributed by atoms with Crippen LogP contribution in [0.3, 0.4) is 0 Å². The minimum absolute atomic E-state index is 0.0120. The van der Waals surface area contributed by atoms with Crippen molar-refractivity contribution in [3.05, 3.63) is 12.2 Å². The van der Waals surface area contributed by atoms with Gasteiger partial charge < -0.3 is 11.1 Å². The first-order chi connectivity index (χ1) is 6.74. The zero-order chi connectivity index (χ0) is 10.4. The molecular weight excluding hydrogens is 176 g/mol. The van der Waals surface area contributed by atoms with Gasteiger partial charge >= 0.3 is 0 Å². The van der Waals surface area contributed by atoms with Crippen LogP contribution in [-0.2, 0) is 4.79 Å². The molecule has 80 valence electrons. The van der Waals surface area contributed by atoms with E-state index in [0.717, 1.165) is 19.4 Å². The molecule has 0 saturated carbocycles. The molecule has 0 spiro atoms. The van der Waals surface area contributed by atoms with E-state index < -0.39 is 0 Å². The zero-order valence-corrected chi connectivity index (χ0v) is 8.83. The molecule has 0 saturated heterocycles. The highest BCUT2D eigenvalue weighted by Crippen LogP contribution is 2.16. The lowest BCUT2D eigenvalue weighted by molar-refractivity contribution is -0.122. The first-order valence-corrected chi connectivity index (χ1v) is 5.42. The Hall–Kier alpha value is -0.830. The number of amides is 1. The van der Waals surface area contributed by atoms with Gasteiger partial charge in [0.1, 0.15) is 0 Å². The van der Waals surface area contributed by atoms with Gasteiger partial charge in [0.25, 0.3) is 0 Å². The number of nitrogens with two attached hydrogens (primary N) is 1. The second-order valence-corrected chi connectivity index (χ2v) is 3.91. The van der Waals surface area contributed by atoms with Crippen LogP contribution in [0.15, 0.2) is 12.2 Å². The number of rotatable bonds is 4. The Balaban J connectivity index is 2.19. The first-order valence-electron chi connectivity index (χ1n) is 5.42. The number of hydrogen-bond acceptors (Lipinski definition) is 2. The fraction of sp³-hybridized carbons (Fsp3) is 0.727. The van der Waals surface area contributed by atoms with Gasteiger partial charge in [-0.3, -0.25) is 4.79 Å². The van der Waals surface area contributed by atoms with Crippen molar-refractivity contribution in [3.8, 4) is 0 Å². The fourth-order valence-electron chi connectivity index (χ4n) is 1.60. The molecular formula is C11H20N2O. The normalized spacial score (nSPS) is 23.1. The number of hydrogen-bond donors (Lipinski definition) is 2. The fourth-order valence-corrected chi connectivity index (χ4v) is 1.60. The third kappa shape index (κ3) is 3.50. The molecule has 2 unspecified atom stereocenters. The van der Waals surface area contributed by atoms with E-state index in [2.05, 4.69) is 17.5 Å². The lowest BCUT2D eigenvalue weighted by Gasteiger charge is -2.19. The minimum atomic E-state index is -0.339. The van der Waals surface area contributed by atoms with E-state index in [0.29, 0.717) is 12.3 Å². The number of allylic oxidation sites excluding steroid dienone is 2. The maximum atomic E-state index is 11.4. The van der Waals surface area contributed by atoms with Crippen molar-refractivity contribution in [2.24, 2.45) is 11.7 Å². The highest BCUT2D eigenvalue weighted by molar-refractivity contribution is 5.81. The standard InChI is InChI=1S/C11H20N2O/c1-2-10(12)11(14)13-8-9-6-4-3-5-7-9/h3-4,9-10H,2,5-8,12H2,1H3,(H,13,14). The maximum Gasteiger partial charge on any atom is 0.236 e. The maximum absolute atomic E-state index is 11.4. The van der Waals surface area contributed by atoms with Gasteiger partial charge in [0, 0.05) is 6.54 Å². The molecule has 3 heteroatoms. The van der Waals surface area contributed by atoms with E-state index in [-0.39, 0.29) is 11.9 Å². The molecule has 0 heterocycles. The first kappa shape index (κ1) is 11.2. The summed E-state index contributed by atoms with van der Waals surface area (Å²) >= 11 is 0. The van der Waals surface area contributed by atoms with E-state index in [9.17, 15) is 4.79 Å². The quantitative estimate of drug-likeness (QED) is 0.664. The molecule has 0 fully saturated rings. The molecule has 0 aromatic carbocycles. The van der Waals surface area contributed by atoms with Crippen LogP contribution in [0, 0.1) is 5.92 Å². The van der Waals surface area contributed by atoms with Gasteiger partial charge in [-0.1, -0.05) is 19.1 Å². The Labute approximate surface area is 85.7 Å². The number of nitrogens with one attached hydrogen (secondary N) is 1. The van der Waals surface area contributed by atoms with E-state index in [1.54, 1.807) is 0 Å². The largest absolute Gasteiger partial charge is 0.354 e.